The SMILES string of the molecule is C=C(C)C/C(C)=C1\C(=O)C=CC1O. The number of carbonyl (C=O) groups is 1. The van der Waals surface area contributed by atoms with Gasteiger partial charge in [-0.1, -0.05) is 17.7 Å². The third-order valence-electron chi connectivity index (χ3n) is 2.02. The third kappa shape index (κ3) is 2.16. The van der Waals surface area contributed by atoms with Crippen LogP contribution in [-0.2, 0) is 4.79 Å². The van der Waals surface area contributed by atoms with E-state index in [4.69, 9.17) is 0 Å². The van der Waals surface area contributed by atoms with Crippen molar-refractivity contribution in [1.29, 1.82) is 0 Å². The second-order valence-corrected chi connectivity index (χ2v) is 3.50. The first-order chi connectivity index (χ1) is 6.02. The number of hydrogen-bond acceptors (Lipinski definition) is 2. The lowest BCUT2D eigenvalue weighted by molar-refractivity contribution is -0.111. The molecule has 0 amide bonds. The zero-order valence-electron chi connectivity index (χ0n) is 8.00. The molecule has 0 saturated carbocycles. The lowest BCUT2D eigenvalue weighted by Gasteiger charge is -2.08. The van der Waals surface area contributed by atoms with Crippen molar-refractivity contribution in [2.24, 2.45) is 0 Å². The fourth-order valence-electron chi connectivity index (χ4n) is 1.52. The van der Waals surface area contributed by atoms with Crippen molar-refractivity contribution in [1.82, 2.24) is 0 Å². The molecule has 0 radical (unpaired) electrons. The quantitative estimate of drug-likeness (QED) is 0.517. The van der Waals surface area contributed by atoms with E-state index in [0.717, 1.165) is 11.1 Å². The number of ketones is 1. The predicted octanol–water partition coefficient (Wildman–Crippen LogP) is 1.77. The van der Waals surface area contributed by atoms with Crippen LogP contribution in [0.5, 0.6) is 0 Å². The first kappa shape index (κ1) is 9.93. The standard InChI is InChI=1S/C11H14O2/c1-7(2)6-8(3)11-9(12)4-5-10(11)13/h4-5,9,12H,1,6H2,2-3H3/b11-8-. The molecule has 0 bridgehead atoms. The van der Waals surface area contributed by atoms with E-state index < -0.39 is 6.10 Å². The summed E-state index contributed by atoms with van der Waals surface area (Å²) >= 11 is 0. The molecule has 0 aliphatic heterocycles. The lowest BCUT2D eigenvalue weighted by Crippen LogP contribution is -2.09. The van der Waals surface area contributed by atoms with Gasteiger partial charge in [0.1, 0.15) is 6.10 Å². The molecular formula is C11H14O2. The lowest BCUT2D eigenvalue weighted by atomic mass is 10.00. The summed E-state index contributed by atoms with van der Waals surface area (Å²) in [7, 11) is 0. The summed E-state index contributed by atoms with van der Waals surface area (Å²) in [5.41, 5.74) is 2.43. The van der Waals surface area contributed by atoms with Gasteiger partial charge in [0.15, 0.2) is 5.78 Å². The average molecular weight is 178 g/mol. The second kappa shape index (κ2) is 3.71. The van der Waals surface area contributed by atoms with Gasteiger partial charge in [-0.25, -0.2) is 0 Å². The van der Waals surface area contributed by atoms with Gasteiger partial charge in [-0.3, -0.25) is 4.79 Å². The van der Waals surface area contributed by atoms with Crippen LogP contribution in [-0.4, -0.2) is 17.0 Å². The predicted molar refractivity (Wildman–Crippen MR) is 52.3 cm³/mol. The Hall–Kier alpha value is -1.15. The topological polar surface area (TPSA) is 37.3 Å². The molecule has 2 heteroatoms. The number of aliphatic hydroxyl groups excluding tert-OH is 1. The Kier molecular flexibility index (Phi) is 2.83. The highest BCUT2D eigenvalue weighted by molar-refractivity contribution is 6.08. The van der Waals surface area contributed by atoms with Crippen LogP contribution in [0.25, 0.3) is 0 Å². The Labute approximate surface area is 78.3 Å². The van der Waals surface area contributed by atoms with E-state index in [1.54, 1.807) is 0 Å². The Morgan fingerprint density at radius 3 is 2.62 bits per heavy atom. The van der Waals surface area contributed by atoms with Crippen molar-refractivity contribution >= 4 is 5.78 Å². The normalized spacial score (nSPS) is 25.2. The van der Waals surface area contributed by atoms with Gasteiger partial charge in [-0.2, -0.15) is 0 Å². The molecule has 0 fully saturated rings. The largest absolute Gasteiger partial charge is 0.384 e. The maximum absolute atomic E-state index is 11.3. The van der Waals surface area contributed by atoms with Gasteiger partial charge in [0.05, 0.1) is 0 Å². The molecule has 0 spiro atoms. The van der Waals surface area contributed by atoms with Crippen LogP contribution in [0.1, 0.15) is 20.3 Å². The molecule has 70 valence electrons. The van der Waals surface area contributed by atoms with Crippen molar-refractivity contribution in [3.05, 3.63) is 35.5 Å². The van der Waals surface area contributed by atoms with Crippen molar-refractivity contribution in [2.75, 3.05) is 0 Å². The number of hydrogen-bond donors (Lipinski definition) is 1. The molecule has 1 aliphatic rings. The molecule has 0 aromatic carbocycles. The molecule has 1 rings (SSSR count). The highest BCUT2D eigenvalue weighted by Crippen LogP contribution is 2.22. The minimum atomic E-state index is -0.716. The molecule has 0 saturated heterocycles. The fourth-order valence-corrected chi connectivity index (χ4v) is 1.52. The number of allylic oxidation sites excluding steroid dienone is 3. The molecule has 1 atom stereocenters. The molecule has 1 unspecified atom stereocenters. The molecule has 0 aromatic heterocycles. The summed E-state index contributed by atoms with van der Waals surface area (Å²) < 4.78 is 0. The van der Waals surface area contributed by atoms with Crippen molar-refractivity contribution < 1.29 is 9.90 Å². The maximum atomic E-state index is 11.3. The molecule has 13 heavy (non-hydrogen) atoms. The molecular weight excluding hydrogens is 164 g/mol. The summed E-state index contributed by atoms with van der Waals surface area (Å²) in [6.45, 7) is 7.53. The summed E-state index contributed by atoms with van der Waals surface area (Å²) in [4.78, 5) is 11.3. The highest BCUT2D eigenvalue weighted by atomic mass is 16.3. The molecule has 2 nitrogen and oxygen atoms in total. The van der Waals surface area contributed by atoms with Crippen LogP contribution in [0.15, 0.2) is 35.5 Å². The van der Waals surface area contributed by atoms with E-state index in [-0.39, 0.29) is 5.78 Å². The number of carbonyl (C=O) groups excluding carboxylic acids is 1. The molecule has 1 aliphatic carbocycles. The third-order valence-corrected chi connectivity index (χ3v) is 2.02. The minimum absolute atomic E-state index is 0.0775. The first-order valence-corrected chi connectivity index (χ1v) is 4.27. The van der Waals surface area contributed by atoms with Crippen LogP contribution in [0.3, 0.4) is 0 Å². The van der Waals surface area contributed by atoms with Crippen LogP contribution < -0.4 is 0 Å². The molecule has 1 N–H and O–H groups in total. The summed E-state index contributed by atoms with van der Waals surface area (Å²) in [6, 6.07) is 0. The monoisotopic (exact) mass is 178 g/mol. The Morgan fingerprint density at radius 1 is 1.62 bits per heavy atom. The van der Waals surface area contributed by atoms with E-state index in [0.29, 0.717) is 12.0 Å². The fraction of sp³-hybridized carbons (Fsp3) is 0.364. The summed E-state index contributed by atoms with van der Waals surface area (Å²) in [5, 5.41) is 9.45. The smallest absolute Gasteiger partial charge is 0.184 e. The van der Waals surface area contributed by atoms with Gasteiger partial charge in [0.2, 0.25) is 0 Å². The Morgan fingerprint density at radius 2 is 2.23 bits per heavy atom. The zero-order chi connectivity index (χ0) is 10.0. The highest BCUT2D eigenvalue weighted by Gasteiger charge is 2.22. The van der Waals surface area contributed by atoms with Crippen molar-refractivity contribution in [3.8, 4) is 0 Å². The first-order valence-electron chi connectivity index (χ1n) is 4.27. The maximum Gasteiger partial charge on any atom is 0.184 e. The van der Waals surface area contributed by atoms with E-state index in [1.165, 1.54) is 12.2 Å². The number of rotatable bonds is 2. The van der Waals surface area contributed by atoms with Crippen LogP contribution in [0, 0.1) is 0 Å². The minimum Gasteiger partial charge on any atom is -0.384 e. The van der Waals surface area contributed by atoms with Gasteiger partial charge in [-0.15, -0.1) is 0 Å². The number of aliphatic hydroxyl groups is 1. The van der Waals surface area contributed by atoms with E-state index in [9.17, 15) is 9.90 Å². The Bertz CT molecular complexity index is 308. The van der Waals surface area contributed by atoms with E-state index >= 15 is 0 Å². The van der Waals surface area contributed by atoms with Crippen LogP contribution >= 0.6 is 0 Å². The van der Waals surface area contributed by atoms with Crippen LogP contribution in [0.4, 0.5) is 0 Å². The van der Waals surface area contributed by atoms with Crippen molar-refractivity contribution in [2.45, 2.75) is 26.4 Å². The van der Waals surface area contributed by atoms with Gasteiger partial charge >= 0.3 is 0 Å². The zero-order valence-corrected chi connectivity index (χ0v) is 8.00. The summed E-state index contributed by atoms with van der Waals surface area (Å²) in [6.07, 6.45) is 2.90. The molecule has 0 aromatic rings. The van der Waals surface area contributed by atoms with E-state index in [1.807, 2.05) is 13.8 Å². The Balaban J connectivity index is 2.91. The van der Waals surface area contributed by atoms with Gasteiger partial charge in [0, 0.05) is 5.57 Å². The molecule has 0 heterocycles. The van der Waals surface area contributed by atoms with Gasteiger partial charge in [-0.05, 0) is 32.4 Å². The van der Waals surface area contributed by atoms with Crippen molar-refractivity contribution in [3.63, 3.8) is 0 Å². The second-order valence-electron chi connectivity index (χ2n) is 3.50. The van der Waals surface area contributed by atoms with Crippen LogP contribution in [0.2, 0.25) is 0 Å². The summed E-state index contributed by atoms with van der Waals surface area (Å²) in [5.74, 6) is -0.0775. The van der Waals surface area contributed by atoms with Gasteiger partial charge < -0.3 is 5.11 Å². The van der Waals surface area contributed by atoms with Gasteiger partial charge in [0.25, 0.3) is 0 Å². The average Bonchev–Trinajstić information content (AvgIpc) is 2.29. The van der Waals surface area contributed by atoms with E-state index in [2.05, 4.69) is 6.58 Å².